The number of hydrogen-bond donors (Lipinski definition) is 2. The van der Waals surface area contributed by atoms with E-state index in [-0.39, 0.29) is 0 Å². The molecule has 0 aromatic carbocycles. The van der Waals surface area contributed by atoms with Crippen molar-refractivity contribution in [2.45, 2.75) is 33.5 Å². The van der Waals surface area contributed by atoms with Crippen molar-refractivity contribution in [1.82, 2.24) is 9.80 Å². The average molecular weight is 202 g/mol. The van der Waals surface area contributed by atoms with Gasteiger partial charge in [0.1, 0.15) is 5.79 Å². The highest BCUT2D eigenvalue weighted by Crippen LogP contribution is 2.12. The normalized spacial score (nSPS) is 12.9. The summed E-state index contributed by atoms with van der Waals surface area (Å²) in [6, 6.07) is 0. The first-order valence-corrected chi connectivity index (χ1v) is 5.59. The zero-order valence-electron chi connectivity index (χ0n) is 10.1. The first kappa shape index (κ1) is 13.8. The van der Waals surface area contributed by atoms with Crippen LogP contribution in [0.5, 0.6) is 0 Å². The molecule has 0 spiro atoms. The summed E-state index contributed by atoms with van der Waals surface area (Å²) in [7, 11) is 0. The molecule has 0 aromatic heterocycles. The fraction of sp³-hybridized carbons (Fsp3) is 1.00. The van der Waals surface area contributed by atoms with Crippen molar-refractivity contribution in [3.05, 3.63) is 0 Å². The van der Waals surface area contributed by atoms with Crippen LogP contribution in [0.2, 0.25) is 0 Å². The van der Waals surface area contributed by atoms with Crippen LogP contribution in [0.15, 0.2) is 0 Å². The summed E-state index contributed by atoms with van der Waals surface area (Å²) in [6.45, 7) is 12.7. The first-order chi connectivity index (χ1) is 6.60. The number of nitrogens with zero attached hydrogens (tertiary/aromatic N) is 2. The van der Waals surface area contributed by atoms with E-state index in [9.17, 15) is 0 Å². The zero-order chi connectivity index (χ0) is 11.2. The molecule has 0 unspecified atom stereocenters. The van der Waals surface area contributed by atoms with Crippen molar-refractivity contribution >= 4 is 0 Å². The molecule has 0 rings (SSSR count). The van der Waals surface area contributed by atoms with Crippen molar-refractivity contribution in [2.75, 3.05) is 32.7 Å². The molecular weight excluding hydrogens is 176 g/mol. The SMILES string of the molecule is CCN(CC)C(N)(CN)N(CC)CC. The van der Waals surface area contributed by atoms with Crippen LogP contribution >= 0.6 is 0 Å². The summed E-state index contributed by atoms with van der Waals surface area (Å²) in [6.07, 6.45) is 0. The molecule has 4 nitrogen and oxygen atoms in total. The molecule has 0 amide bonds. The molecule has 14 heavy (non-hydrogen) atoms. The summed E-state index contributed by atoms with van der Waals surface area (Å²) >= 11 is 0. The average Bonchev–Trinajstić information content (AvgIpc) is 2.21. The van der Waals surface area contributed by atoms with E-state index in [1.165, 1.54) is 0 Å². The van der Waals surface area contributed by atoms with Crippen LogP contribution in [-0.2, 0) is 0 Å². The van der Waals surface area contributed by atoms with Crippen LogP contribution in [-0.4, -0.2) is 48.3 Å². The zero-order valence-corrected chi connectivity index (χ0v) is 10.1. The molecule has 0 aromatic rings. The molecular formula is C10H26N4. The van der Waals surface area contributed by atoms with Crippen molar-refractivity contribution in [3.63, 3.8) is 0 Å². The maximum Gasteiger partial charge on any atom is 0.138 e. The maximum absolute atomic E-state index is 6.35. The molecule has 0 atom stereocenters. The van der Waals surface area contributed by atoms with Crippen LogP contribution < -0.4 is 11.5 Å². The van der Waals surface area contributed by atoms with Crippen molar-refractivity contribution in [3.8, 4) is 0 Å². The Kier molecular flexibility index (Phi) is 6.27. The monoisotopic (exact) mass is 202 g/mol. The van der Waals surface area contributed by atoms with Gasteiger partial charge in [0.15, 0.2) is 0 Å². The Hall–Kier alpha value is -0.160. The van der Waals surface area contributed by atoms with E-state index in [2.05, 4.69) is 37.5 Å². The van der Waals surface area contributed by atoms with Crippen LogP contribution in [0, 0.1) is 0 Å². The fourth-order valence-electron chi connectivity index (χ4n) is 2.00. The summed E-state index contributed by atoms with van der Waals surface area (Å²) in [5.74, 6) is -0.479. The van der Waals surface area contributed by atoms with Gasteiger partial charge in [-0.25, -0.2) is 0 Å². The van der Waals surface area contributed by atoms with E-state index in [0.29, 0.717) is 6.54 Å². The number of rotatable bonds is 7. The van der Waals surface area contributed by atoms with E-state index in [1.807, 2.05) is 0 Å². The van der Waals surface area contributed by atoms with Gasteiger partial charge in [-0.1, -0.05) is 27.7 Å². The molecule has 0 aliphatic rings. The highest BCUT2D eigenvalue weighted by molar-refractivity contribution is 4.84. The van der Waals surface area contributed by atoms with E-state index in [0.717, 1.165) is 26.2 Å². The minimum absolute atomic E-state index is 0.469. The van der Waals surface area contributed by atoms with E-state index < -0.39 is 5.79 Å². The summed E-state index contributed by atoms with van der Waals surface area (Å²) < 4.78 is 0. The second-order valence-electron chi connectivity index (χ2n) is 3.43. The molecule has 0 saturated carbocycles. The van der Waals surface area contributed by atoms with E-state index in [1.54, 1.807) is 0 Å². The molecule has 0 radical (unpaired) electrons. The molecule has 0 bridgehead atoms. The standard InChI is InChI=1S/C10H26N4/c1-5-13(6-2)10(12,9-11)14(7-3)8-4/h5-9,11-12H2,1-4H3. The minimum Gasteiger partial charge on any atom is -0.326 e. The molecule has 86 valence electrons. The van der Waals surface area contributed by atoms with Gasteiger partial charge in [-0.3, -0.25) is 15.5 Å². The Morgan fingerprint density at radius 3 is 1.29 bits per heavy atom. The second kappa shape index (κ2) is 6.35. The van der Waals surface area contributed by atoms with Gasteiger partial charge in [-0.05, 0) is 26.2 Å². The summed E-state index contributed by atoms with van der Waals surface area (Å²) in [4.78, 5) is 4.42. The van der Waals surface area contributed by atoms with Crippen molar-refractivity contribution in [2.24, 2.45) is 11.5 Å². The molecule has 4 N–H and O–H groups in total. The fourth-order valence-corrected chi connectivity index (χ4v) is 2.00. The minimum atomic E-state index is -0.479. The van der Waals surface area contributed by atoms with Gasteiger partial charge in [-0.2, -0.15) is 0 Å². The number of likely N-dealkylation sites (N-methyl/N-ethyl adjacent to an activating group) is 2. The molecule has 0 fully saturated rings. The predicted octanol–water partition coefficient (Wildman–Crippen LogP) is 0.241. The highest BCUT2D eigenvalue weighted by Gasteiger charge is 2.34. The lowest BCUT2D eigenvalue weighted by Gasteiger charge is -2.46. The molecule has 0 heterocycles. The van der Waals surface area contributed by atoms with Crippen molar-refractivity contribution in [1.29, 1.82) is 0 Å². The topological polar surface area (TPSA) is 58.5 Å². The first-order valence-electron chi connectivity index (χ1n) is 5.59. The molecule has 0 aliphatic heterocycles. The van der Waals surface area contributed by atoms with E-state index in [4.69, 9.17) is 11.5 Å². The third-order valence-electron chi connectivity index (χ3n) is 2.92. The Morgan fingerprint density at radius 1 is 0.857 bits per heavy atom. The van der Waals surface area contributed by atoms with Gasteiger partial charge in [0.05, 0.1) is 0 Å². The number of nitrogens with two attached hydrogens (primary N) is 2. The van der Waals surface area contributed by atoms with Crippen LogP contribution in [0.3, 0.4) is 0 Å². The number of hydrogen-bond acceptors (Lipinski definition) is 4. The lowest BCUT2D eigenvalue weighted by molar-refractivity contribution is -0.0386. The largest absolute Gasteiger partial charge is 0.326 e. The highest BCUT2D eigenvalue weighted by atomic mass is 15.5. The van der Waals surface area contributed by atoms with Gasteiger partial charge in [0, 0.05) is 6.54 Å². The Morgan fingerprint density at radius 2 is 1.14 bits per heavy atom. The lowest BCUT2D eigenvalue weighted by atomic mass is 10.2. The maximum atomic E-state index is 6.35. The Labute approximate surface area is 88.2 Å². The van der Waals surface area contributed by atoms with Gasteiger partial charge < -0.3 is 5.73 Å². The lowest BCUT2D eigenvalue weighted by Crippen LogP contribution is -2.70. The van der Waals surface area contributed by atoms with Gasteiger partial charge in [0.2, 0.25) is 0 Å². The van der Waals surface area contributed by atoms with Crippen LogP contribution in [0.1, 0.15) is 27.7 Å². The molecule has 0 saturated heterocycles. The van der Waals surface area contributed by atoms with Crippen LogP contribution in [0.4, 0.5) is 0 Å². The summed E-state index contributed by atoms with van der Waals surface area (Å²) in [5.41, 5.74) is 12.2. The third kappa shape index (κ3) is 2.67. The summed E-state index contributed by atoms with van der Waals surface area (Å²) in [5, 5.41) is 0. The Bertz CT molecular complexity index is 129. The van der Waals surface area contributed by atoms with Gasteiger partial charge in [0.25, 0.3) is 0 Å². The molecule has 4 heteroatoms. The second-order valence-corrected chi connectivity index (χ2v) is 3.43. The smallest absolute Gasteiger partial charge is 0.138 e. The Balaban J connectivity index is 4.72. The quantitative estimate of drug-likeness (QED) is 0.581. The van der Waals surface area contributed by atoms with Gasteiger partial charge in [-0.15, -0.1) is 0 Å². The van der Waals surface area contributed by atoms with Gasteiger partial charge >= 0.3 is 0 Å². The van der Waals surface area contributed by atoms with E-state index >= 15 is 0 Å². The van der Waals surface area contributed by atoms with Crippen molar-refractivity contribution < 1.29 is 0 Å². The predicted molar refractivity (Wildman–Crippen MR) is 61.8 cm³/mol. The molecule has 0 aliphatic carbocycles. The third-order valence-corrected chi connectivity index (χ3v) is 2.92. The van der Waals surface area contributed by atoms with Crippen LogP contribution in [0.25, 0.3) is 0 Å².